The summed E-state index contributed by atoms with van der Waals surface area (Å²) in [5.74, 6) is -0.885. The van der Waals surface area contributed by atoms with E-state index in [-0.39, 0.29) is 0 Å². The first-order valence-electron chi connectivity index (χ1n) is 4.44. The summed E-state index contributed by atoms with van der Waals surface area (Å²) in [4.78, 5) is 18.3. The quantitative estimate of drug-likeness (QED) is 0.715. The van der Waals surface area contributed by atoms with Crippen LogP contribution < -0.4 is 10.1 Å². The van der Waals surface area contributed by atoms with Crippen LogP contribution in [0.3, 0.4) is 0 Å². The second-order valence-corrected chi connectivity index (χ2v) is 3.02. The molecule has 0 bridgehead atoms. The van der Waals surface area contributed by atoms with Crippen LogP contribution in [0.4, 0.5) is 0 Å². The third kappa shape index (κ3) is 3.51. The third-order valence-electron chi connectivity index (χ3n) is 1.85. The summed E-state index contributed by atoms with van der Waals surface area (Å²) < 4.78 is 4.80. The molecule has 0 saturated heterocycles. The predicted molar refractivity (Wildman–Crippen MR) is 52.5 cm³/mol. The number of carboxylic acids is 1. The van der Waals surface area contributed by atoms with Gasteiger partial charge in [-0.2, -0.15) is 0 Å². The average Bonchev–Trinajstić information content (AvgIpc) is 2.26. The zero-order valence-corrected chi connectivity index (χ0v) is 8.60. The number of ether oxygens (including phenoxy) is 1. The fraction of sp³-hybridized carbons (Fsp3) is 0.444. The Labute approximate surface area is 87.3 Å². The predicted octanol–water partition coefficient (Wildman–Crippen LogP) is 0.0479. The molecule has 0 fully saturated rings. The van der Waals surface area contributed by atoms with E-state index in [0.717, 1.165) is 5.56 Å². The normalized spacial score (nSPS) is 12.1. The summed E-state index contributed by atoms with van der Waals surface area (Å²) in [6.07, 6.45) is 3.18. The smallest absolute Gasteiger partial charge is 0.320 e. The van der Waals surface area contributed by atoms with Gasteiger partial charge in [-0.1, -0.05) is 0 Å². The molecule has 1 aromatic heterocycles. The van der Waals surface area contributed by atoms with Crippen LogP contribution in [0, 0.1) is 0 Å². The van der Waals surface area contributed by atoms with Crippen LogP contribution in [0.2, 0.25) is 0 Å². The van der Waals surface area contributed by atoms with Gasteiger partial charge in [0.05, 0.1) is 7.11 Å². The monoisotopic (exact) mass is 211 g/mol. The maximum absolute atomic E-state index is 10.5. The van der Waals surface area contributed by atoms with E-state index in [2.05, 4.69) is 15.3 Å². The van der Waals surface area contributed by atoms with Gasteiger partial charge in [0.15, 0.2) is 0 Å². The molecule has 0 spiro atoms. The highest BCUT2D eigenvalue weighted by molar-refractivity contribution is 5.72. The van der Waals surface area contributed by atoms with Crippen LogP contribution in [-0.4, -0.2) is 34.2 Å². The van der Waals surface area contributed by atoms with Gasteiger partial charge in [-0.25, -0.2) is 9.97 Å². The van der Waals surface area contributed by atoms with E-state index in [1.807, 2.05) is 0 Å². The minimum atomic E-state index is -0.885. The van der Waals surface area contributed by atoms with Crippen LogP contribution in [0.5, 0.6) is 6.01 Å². The molecular weight excluding hydrogens is 198 g/mol. The largest absolute Gasteiger partial charge is 0.480 e. The molecule has 1 aromatic rings. The zero-order chi connectivity index (χ0) is 11.3. The van der Waals surface area contributed by atoms with Crippen LogP contribution in [0.15, 0.2) is 12.4 Å². The Kier molecular flexibility index (Phi) is 3.99. The molecule has 6 heteroatoms. The van der Waals surface area contributed by atoms with Crippen molar-refractivity contribution in [3.05, 3.63) is 18.0 Å². The van der Waals surface area contributed by atoms with Crippen LogP contribution in [0.25, 0.3) is 0 Å². The molecular formula is C9H13N3O3. The number of aromatic nitrogens is 2. The van der Waals surface area contributed by atoms with Crippen molar-refractivity contribution in [2.75, 3.05) is 7.11 Å². The number of nitrogens with zero attached hydrogens (tertiary/aromatic N) is 2. The SMILES string of the molecule is COc1ncc(CN[C@@H](C)C(=O)O)cn1. The molecule has 0 radical (unpaired) electrons. The van der Waals surface area contributed by atoms with E-state index < -0.39 is 12.0 Å². The Bertz CT molecular complexity index is 326. The molecule has 0 unspecified atom stereocenters. The molecule has 1 rings (SSSR count). The van der Waals surface area contributed by atoms with Gasteiger partial charge in [-0.05, 0) is 6.92 Å². The number of hydrogen-bond acceptors (Lipinski definition) is 5. The number of aliphatic carboxylic acids is 1. The Morgan fingerprint density at radius 2 is 2.20 bits per heavy atom. The molecule has 1 heterocycles. The Morgan fingerprint density at radius 1 is 1.60 bits per heavy atom. The van der Waals surface area contributed by atoms with Crippen molar-refractivity contribution >= 4 is 5.97 Å². The van der Waals surface area contributed by atoms with Gasteiger partial charge in [0.25, 0.3) is 0 Å². The summed E-state index contributed by atoms with van der Waals surface area (Å²) in [6.45, 7) is 1.99. The fourth-order valence-corrected chi connectivity index (χ4v) is 0.898. The Morgan fingerprint density at radius 3 is 2.67 bits per heavy atom. The van der Waals surface area contributed by atoms with E-state index in [9.17, 15) is 4.79 Å². The second kappa shape index (κ2) is 5.26. The van der Waals surface area contributed by atoms with E-state index >= 15 is 0 Å². The zero-order valence-electron chi connectivity index (χ0n) is 8.60. The van der Waals surface area contributed by atoms with Crippen molar-refractivity contribution in [3.8, 4) is 6.01 Å². The number of nitrogens with one attached hydrogen (secondary N) is 1. The van der Waals surface area contributed by atoms with E-state index in [4.69, 9.17) is 9.84 Å². The minimum absolute atomic E-state index is 0.296. The van der Waals surface area contributed by atoms with Gasteiger partial charge < -0.3 is 15.2 Å². The van der Waals surface area contributed by atoms with Gasteiger partial charge in [0.2, 0.25) is 0 Å². The maximum atomic E-state index is 10.5. The number of rotatable bonds is 5. The van der Waals surface area contributed by atoms with Crippen molar-refractivity contribution < 1.29 is 14.6 Å². The second-order valence-electron chi connectivity index (χ2n) is 3.02. The summed E-state index contributed by atoms with van der Waals surface area (Å²) >= 11 is 0. The summed E-state index contributed by atoms with van der Waals surface area (Å²) in [5, 5.41) is 11.4. The molecule has 1 atom stereocenters. The van der Waals surface area contributed by atoms with Crippen LogP contribution in [-0.2, 0) is 11.3 Å². The molecule has 6 nitrogen and oxygen atoms in total. The topological polar surface area (TPSA) is 84.3 Å². The van der Waals surface area contributed by atoms with Crippen molar-refractivity contribution in [3.63, 3.8) is 0 Å². The lowest BCUT2D eigenvalue weighted by Gasteiger charge is -2.08. The average molecular weight is 211 g/mol. The molecule has 0 aliphatic rings. The minimum Gasteiger partial charge on any atom is -0.480 e. The third-order valence-corrected chi connectivity index (χ3v) is 1.85. The molecule has 0 amide bonds. The van der Waals surface area contributed by atoms with Crippen LogP contribution in [0.1, 0.15) is 12.5 Å². The number of methoxy groups -OCH3 is 1. The van der Waals surface area contributed by atoms with Crippen molar-refractivity contribution in [1.82, 2.24) is 15.3 Å². The number of carbonyl (C=O) groups is 1. The van der Waals surface area contributed by atoms with E-state index in [0.29, 0.717) is 12.6 Å². The van der Waals surface area contributed by atoms with E-state index in [1.165, 1.54) is 7.11 Å². The van der Waals surface area contributed by atoms with Gasteiger partial charge in [0.1, 0.15) is 6.04 Å². The Balaban J connectivity index is 2.47. The first-order chi connectivity index (χ1) is 7.13. The molecule has 0 aliphatic heterocycles. The van der Waals surface area contributed by atoms with Gasteiger partial charge in [-0.15, -0.1) is 0 Å². The van der Waals surface area contributed by atoms with Gasteiger partial charge >= 0.3 is 12.0 Å². The standard InChI is InChI=1S/C9H13N3O3/c1-6(8(13)14)10-3-7-4-11-9(15-2)12-5-7/h4-6,10H,3H2,1-2H3,(H,13,14)/t6-/m0/s1. The molecule has 0 saturated carbocycles. The summed E-state index contributed by atoms with van der Waals surface area (Å²) in [7, 11) is 1.49. The van der Waals surface area contributed by atoms with Crippen molar-refractivity contribution in [1.29, 1.82) is 0 Å². The lowest BCUT2D eigenvalue weighted by atomic mass is 10.3. The number of hydrogen-bond donors (Lipinski definition) is 2. The molecule has 15 heavy (non-hydrogen) atoms. The summed E-state index contributed by atoms with van der Waals surface area (Å²) in [6, 6.07) is -0.294. The highest BCUT2D eigenvalue weighted by Crippen LogP contribution is 2.01. The lowest BCUT2D eigenvalue weighted by molar-refractivity contribution is -0.139. The molecule has 82 valence electrons. The highest BCUT2D eigenvalue weighted by atomic mass is 16.5. The van der Waals surface area contributed by atoms with Crippen molar-refractivity contribution in [2.24, 2.45) is 0 Å². The first-order valence-corrected chi connectivity index (χ1v) is 4.44. The fourth-order valence-electron chi connectivity index (χ4n) is 0.898. The maximum Gasteiger partial charge on any atom is 0.320 e. The van der Waals surface area contributed by atoms with Crippen molar-refractivity contribution in [2.45, 2.75) is 19.5 Å². The summed E-state index contributed by atoms with van der Waals surface area (Å²) in [5.41, 5.74) is 0.809. The first kappa shape index (κ1) is 11.4. The molecule has 2 N–H and O–H groups in total. The van der Waals surface area contributed by atoms with E-state index in [1.54, 1.807) is 19.3 Å². The molecule has 0 aromatic carbocycles. The highest BCUT2D eigenvalue weighted by Gasteiger charge is 2.09. The molecule has 0 aliphatic carbocycles. The number of carboxylic acid groups (broad SMARTS) is 1. The Hall–Kier alpha value is -1.69. The van der Waals surface area contributed by atoms with Gasteiger partial charge in [-0.3, -0.25) is 4.79 Å². The lowest BCUT2D eigenvalue weighted by Crippen LogP contribution is -2.33. The van der Waals surface area contributed by atoms with Crippen LogP contribution >= 0.6 is 0 Å². The van der Waals surface area contributed by atoms with Gasteiger partial charge in [0, 0.05) is 24.5 Å².